The third-order valence-electron chi connectivity index (χ3n) is 4.17. The SMILES string of the molecule is CCNC(=NCC(C)C(=O)OC)NCCCn1c(C)nc2ccccc21. The average molecular weight is 359 g/mol. The lowest BCUT2D eigenvalue weighted by Gasteiger charge is -2.13. The third-order valence-corrected chi connectivity index (χ3v) is 4.17. The zero-order chi connectivity index (χ0) is 18.9. The molecule has 1 unspecified atom stereocenters. The molecule has 1 aromatic carbocycles. The van der Waals surface area contributed by atoms with Crippen molar-refractivity contribution < 1.29 is 9.53 Å². The first-order chi connectivity index (χ1) is 12.6. The molecule has 2 aromatic rings. The summed E-state index contributed by atoms with van der Waals surface area (Å²) in [6.45, 7) is 8.69. The number of para-hydroxylation sites is 2. The second-order valence-corrected chi connectivity index (χ2v) is 6.22. The number of aromatic nitrogens is 2. The fraction of sp³-hybridized carbons (Fsp3) is 0.526. The molecule has 0 fully saturated rings. The number of nitrogens with one attached hydrogen (secondary N) is 2. The van der Waals surface area contributed by atoms with E-state index in [0.717, 1.165) is 48.9 Å². The number of rotatable bonds is 8. The fourth-order valence-electron chi connectivity index (χ4n) is 2.77. The predicted octanol–water partition coefficient (Wildman–Crippen LogP) is 2.10. The van der Waals surface area contributed by atoms with E-state index in [1.165, 1.54) is 7.11 Å². The zero-order valence-electron chi connectivity index (χ0n) is 16.1. The Balaban J connectivity index is 1.87. The largest absolute Gasteiger partial charge is 0.469 e. The van der Waals surface area contributed by atoms with E-state index >= 15 is 0 Å². The molecule has 0 aliphatic carbocycles. The third kappa shape index (κ3) is 5.21. The van der Waals surface area contributed by atoms with Crippen LogP contribution in [-0.4, -0.2) is 48.2 Å². The number of hydrogen-bond acceptors (Lipinski definition) is 4. The van der Waals surface area contributed by atoms with Crippen LogP contribution in [0.1, 0.15) is 26.1 Å². The molecule has 0 spiro atoms. The highest BCUT2D eigenvalue weighted by Crippen LogP contribution is 2.15. The standard InChI is InChI=1S/C19H29N5O2/c1-5-20-19(22-13-14(2)18(25)26-4)21-11-8-12-24-15(3)23-16-9-6-7-10-17(16)24/h6-7,9-10,14H,5,8,11-13H2,1-4H3,(H2,20,21,22). The van der Waals surface area contributed by atoms with Gasteiger partial charge in [0.25, 0.3) is 0 Å². The van der Waals surface area contributed by atoms with E-state index < -0.39 is 0 Å². The van der Waals surface area contributed by atoms with Crippen molar-refractivity contribution in [2.45, 2.75) is 33.7 Å². The Morgan fingerprint density at radius 3 is 2.85 bits per heavy atom. The molecular formula is C19H29N5O2. The Labute approximate surface area is 154 Å². The summed E-state index contributed by atoms with van der Waals surface area (Å²) in [5, 5.41) is 6.51. The van der Waals surface area contributed by atoms with Crippen LogP contribution >= 0.6 is 0 Å². The van der Waals surface area contributed by atoms with Crippen molar-refractivity contribution in [3.05, 3.63) is 30.1 Å². The Morgan fingerprint density at radius 1 is 1.35 bits per heavy atom. The van der Waals surface area contributed by atoms with Gasteiger partial charge in [0.1, 0.15) is 5.82 Å². The van der Waals surface area contributed by atoms with Gasteiger partial charge >= 0.3 is 5.97 Å². The molecule has 0 aliphatic rings. The number of ether oxygens (including phenoxy) is 1. The number of fused-ring (bicyclic) bond motifs is 1. The van der Waals surface area contributed by atoms with E-state index in [-0.39, 0.29) is 11.9 Å². The van der Waals surface area contributed by atoms with E-state index in [9.17, 15) is 4.79 Å². The van der Waals surface area contributed by atoms with Crippen LogP contribution in [0, 0.1) is 12.8 Å². The summed E-state index contributed by atoms with van der Waals surface area (Å²) in [4.78, 5) is 20.5. The lowest BCUT2D eigenvalue weighted by Crippen LogP contribution is -2.38. The van der Waals surface area contributed by atoms with Crippen LogP contribution in [0.15, 0.2) is 29.3 Å². The number of hydrogen-bond donors (Lipinski definition) is 2. The molecule has 26 heavy (non-hydrogen) atoms. The number of aryl methyl sites for hydroxylation is 2. The van der Waals surface area contributed by atoms with Gasteiger partial charge in [-0.2, -0.15) is 0 Å². The van der Waals surface area contributed by atoms with Crippen LogP contribution < -0.4 is 10.6 Å². The van der Waals surface area contributed by atoms with Crippen molar-refractivity contribution in [2.75, 3.05) is 26.7 Å². The predicted molar refractivity (Wildman–Crippen MR) is 104 cm³/mol. The highest BCUT2D eigenvalue weighted by atomic mass is 16.5. The van der Waals surface area contributed by atoms with Gasteiger partial charge in [0.05, 0.1) is 30.6 Å². The van der Waals surface area contributed by atoms with Crippen LogP contribution in [0.5, 0.6) is 0 Å². The van der Waals surface area contributed by atoms with Gasteiger partial charge in [-0.1, -0.05) is 19.1 Å². The number of guanidine groups is 1. The van der Waals surface area contributed by atoms with Gasteiger partial charge in [-0.3, -0.25) is 9.79 Å². The molecule has 1 heterocycles. The summed E-state index contributed by atoms with van der Waals surface area (Å²) in [7, 11) is 1.40. The number of imidazole rings is 1. The number of aliphatic imine (C=N–C) groups is 1. The summed E-state index contributed by atoms with van der Waals surface area (Å²) in [6, 6.07) is 8.18. The molecule has 7 heteroatoms. The number of esters is 1. The molecular weight excluding hydrogens is 330 g/mol. The van der Waals surface area contributed by atoms with Crippen LogP contribution in [-0.2, 0) is 16.1 Å². The maximum absolute atomic E-state index is 11.5. The van der Waals surface area contributed by atoms with Crippen molar-refractivity contribution in [2.24, 2.45) is 10.9 Å². The molecule has 0 saturated carbocycles. The second-order valence-electron chi connectivity index (χ2n) is 6.22. The quantitative estimate of drug-likeness (QED) is 0.326. The Hall–Kier alpha value is -2.57. The summed E-state index contributed by atoms with van der Waals surface area (Å²) in [5.41, 5.74) is 2.20. The van der Waals surface area contributed by atoms with Crippen molar-refractivity contribution in [3.63, 3.8) is 0 Å². The minimum absolute atomic E-state index is 0.243. The van der Waals surface area contributed by atoms with Crippen molar-refractivity contribution >= 4 is 23.0 Å². The Bertz CT molecular complexity index is 753. The molecule has 2 rings (SSSR count). The lowest BCUT2D eigenvalue weighted by molar-refractivity contribution is -0.144. The molecule has 1 aromatic heterocycles. The number of carbonyl (C=O) groups excluding carboxylic acids is 1. The van der Waals surface area contributed by atoms with Gasteiger partial charge in [-0.15, -0.1) is 0 Å². The smallest absolute Gasteiger partial charge is 0.310 e. The van der Waals surface area contributed by atoms with Crippen LogP contribution in [0.2, 0.25) is 0 Å². The highest BCUT2D eigenvalue weighted by Gasteiger charge is 2.12. The first-order valence-electron chi connectivity index (χ1n) is 9.08. The second kappa shape index (κ2) is 9.79. The van der Waals surface area contributed by atoms with Gasteiger partial charge < -0.3 is 19.9 Å². The molecule has 0 amide bonds. The number of carbonyl (C=O) groups is 1. The molecule has 7 nitrogen and oxygen atoms in total. The number of nitrogens with zero attached hydrogens (tertiary/aromatic N) is 3. The van der Waals surface area contributed by atoms with E-state index in [1.807, 2.05) is 39.0 Å². The molecule has 0 saturated heterocycles. The van der Waals surface area contributed by atoms with Gasteiger partial charge in [-0.05, 0) is 32.4 Å². The molecule has 0 radical (unpaired) electrons. The molecule has 2 N–H and O–H groups in total. The van der Waals surface area contributed by atoms with Crippen LogP contribution in [0.25, 0.3) is 11.0 Å². The minimum atomic E-state index is -0.254. The average Bonchev–Trinajstić information content (AvgIpc) is 2.97. The monoisotopic (exact) mass is 359 g/mol. The normalized spacial score (nSPS) is 12.8. The summed E-state index contributed by atoms with van der Waals surface area (Å²) < 4.78 is 6.97. The number of benzene rings is 1. The van der Waals surface area contributed by atoms with Gasteiger partial charge in [-0.25, -0.2) is 4.98 Å². The maximum atomic E-state index is 11.5. The first kappa shape index (κ1) is 19.8. The lowest BCUT2D eigenvalue weighted by atomic mass is 10.2. The molecule has 142 valence electrons. The summed E-state index contributed by atoms with van der Waals surface area (Å²) in [5.74, 6) is 1.25. The highest BCUT2D eigenvalue weighted by molar-refractivity contribution is 5.80. The zero-order valence-corrected chi connectivity index (χ0v) is 16.1. The Kier molecular flexibility index (Phi) is 7.44. The van der Waals surface area contributed by atoms with Crippen LogP contribution in [0.4, 0.5) is 0 Å². The topological polar surface area (TPSA) is 80.5 Å². The summed E-state index contributed by atoms with van der Waals surface area (Å²) >= 11 is 0. The molecule has 0 bridgehead atoms. The first-order valence-corrected chi connectivity index (χ1v) is 9.08. The van der Waals surface area contributed by atoms with E-state index in [1.54, 1.807) is 0 Å². The summed E-state index contributed by atoms with van der Waals surface area (Å²) in [6.07, 6.45) is 0.943. The van der Waals surface area contributed by atoms with Gasteiger partial charge in [0, 0.05) is 19.6 Å². The maximum Gasteiger partial charge on any atom is 0.310 e. The van der Waals surface area contributed by atoms with E-state index in [0.29, 0.717) is 6.54 Å². The van der Waals surface area contributed by atoms with Crippen molar-refractivity contribution in [1.29, 1.82) is 0 Å². The fourth-order valence-corrected chi connectivity index (χ4v) is 2.77. The van der Waals surface area contributed by atoms with Crippen LogP contribution in [0.3, 0.4) is 0 Å². The number of methoxy groups -OCH3 is 1. The van der Waals surface area contributed by atoms with Crippen molar-refractivity contribution in [3.8, 4) is 0 Å². The van der Waals surface area contributed by atoms with E-state index in [2.05, 4.69) is 31.2 Å². The van der Waals surface area contributed by atoms with Gasteiger partial charge in [0.15, 0.2) is 5.96 Å². The Morgan fingerprint density at radius 2 is 2.12 bits per heavy atom. The van der Waals surface area contributed by atoms with E-state index in [4.69, 9.17) is 4.74 Å². The molecule has 1 atom stereocenters. The molecule has 0 aliphatic heterocycles. The van der Waals surface area contributed by atoms with Crippen molar-refractivity contribution in [1.82, 2.24) is 20.2 Å². The minimum Gasteiger partial charge on any atom is -0.469 e. The van der Waals surface area contributed by atoms with Gasteiger partial charge in [0.2, 0.25) is 0 Å².